The molecule has 2 aromatic carbocycles. The minimum atomic E-state index is -4.49. The van der Waals surface area contributed by atoms with Crippen molar-refractivity contribution in [1.29, 1.82) is 0 Å². The standard InChI is InChI=1S/C21H24F3N3O2/c1-14-4-3-5-17(12-14)25-15(2)20(28)26-18-13-16(21(22,23)24)6-7-19(18)27-8-10-29-11-9-27/h3-7,12-13,15,25H,8-11H2,1-2H3,(H,26,28)/t15-/m1/s1. The normalized spacial score (nSPS) is 15.7. The second kappa shape index (κ2) is 8.73. The molecular weight excluding hydrogens is 383 g/mol. The Labute approximate surface area is 167 Å². The number of carbonyl (C=O) groups excluding carboxylic acids is 1. The summed E-state index contributed by atoms with van der Waals surface area (Å²) in [5, 5.41) is 5.75. The molecule has 1 saturated heterocycles. The molecule has 0 unspecified atom stereocenters. The zero-order valence-electron chi connectivity index (χ0n) is 16.3. The lowest BCUT2D eigenvalue weighted by Crippen LogP contribution is -2.37. The number of benzene rings is 2. The summed E-state index contributed by atoms with van der Waals surface area (Å²) in [5.41, 5.74) is 1.70. The molecule has 0 spiro atoms. The number of amides is 1. The number of anilines is 3. The van der Waals surface area contributed by atoms with Gasteiger partial charge < -0.3 is 20.3 Å². The van der Waals surface area contributed by atoms with Crippen LogP contribution in [0.2, 0.25) is 0 Å². The van der Waals surface area contributed by atoms with Crippen LogP contribution in [0, 0.1) is 6.92 Å². The minimum Gasteiger partial charge on any atom is -0.378 e. The van der Waals surface area contributed by atoms with Gasteiger partial charge in [0.2, 0.25) is 5.91 Å². The van der Waals surface area contributed by atoms with Gasteiger partial charge in [-0.2, -0.15) is 13.2 Å². The van der Waals surface area contributed by atoms with E-state index in [1.165, 1.54) is 6.07 Å². The number of ether oxygens (including phenoxy) is 1. The Morgan fingerprint density at radius 1 is 1.14 bits per heavy atom. The predicted molar refractivity (Wildman–Crippen MR) is 107 cm³/mol. The Morgan fingerprint density at radius 3 is 2.52 bits per heavy atom. The Hall–Kier alpha value is -2.74. The fourth-order valence-corrected chi connectivity index (χ4v) is 3.18. The molecule has 1 amide bonds. The van der Waals surface area contributed by atoms with E-state index in [0.29, 0.717) is 32.0 Å². The Balaban J connectivity index is 1.81. The van der Waals surface area contributed by atoms with Crippen LogP contribution in [-0.2, 0) is 15.7 Å². The van der Waals surface area contributed by atoms with E-state index in [0.717, 1.165) is 23.4 Å². The molecule has 1 heterocycles. The van der Waals surface area contributed by atoms with E-state index in [1.807, 2.05) is 36.1 Å². The van der Waals surface area contributed by atoms with Crippen LogP contribution >= 0.6 is 0 Å². The summed E-state index contributed by atoms with van der Waals surface area (Å²) in [7, 11) is 0. The van der Waals surface area contributed by atoms with Crippen LogP contribution in [0.15, 0.2) is 42.5 Å². The Kier molecular flexibility index (Phi) is 6.32. The van der Waals surface area contributed by atoms with Crippen LogP contribution in [0.3, 0.4) is 0 Å². The van der Waals surface area contributed by atoms with Crippen molar-refractivity contribution in [3.63, 3.8) is 0 Å². The van der Waals surface area contributed by atoms with Gasteiger partial charge in [-0.15, -0.1) is 0 Å². The van der Waals surface area contributed by atoms with Crippen LogP contribution in [0.5, 0.6) is 0 Å². The molecule has 0 bridgehead atoms. The number of rotatable bonds is 5. The molecule has 1 aliphatic rings. The molecule has 5 nitrogen and oxygen atoms in total. The lowest BCUT2D eigenvalue weighted by atomic mass is 10.1. The number of alkyl halides is 3. The van der Waals surface area contributed by atoms with E-state index >= 15 is 0 Å². The highest BCUT2D eigenvalue weighted by Crippen LogP contribution is 2.36. The van der Waals surface area contributed by atoms with E-state index < -0.39 is 23.7 Å². The third-order valence-corrected chi connectivity index (χ3v) is 4.73. The second-order valence-corrected chi connectivity index (χ2v) is 7.05. The monoisotopic (exact) mass is 407 g/mol. The maximum Gasteiger partial charge on any atom is 0.416 e. The topological polar surface area (TPSA) is 53.6 Å². The predicted octanol–water partition coefficient (Wildman–Crippen LogP) is 4.29. The number of carbonyl (C=O) groups is 1. The first kappa shape index (κ1) is 21.0. The van der Waals surface area contributed by atoms with Gasteiger partial charge in [-0.05, 0) is 49.7 Å². The van der Waals surface area contributed by atoms with Crippen molar-refractivity contribution in [3.8, 4) is 0 Å². The fraction of sp³-hybridized carbons (Fsp3) is 0.381. The van der Waals surface area contributed by atoms with Crippen molar-refractivity contribution in [3.05, 3.63) is 53.6 Å². The molecule has 1 aliphatic heterocycles. The molecule has 0 radical (unpaired) electrons. The molecule has 156 valence electrons. The average Bonchev–Trinajstić information content (AvgIpc) is 2.68. The van der Waals surface area contributed by atoms with Gasteiger partial charge in [0.1, 0.15) is 6.04 Å². The average molecular weight is 407 g/mol. The van der Waals surface area contributed by atoms with Gasteiger partial charge in [0.25, 0.3) is 0 Å². The summed E-state index contributed by atoms with van der Waals surface area (Å²) < 4.78 is 44.9. The maximum atomic E-state index is 13.2. The van der Waals surface area contributed by atoms with Gasteiger partial charge in [-0.1, -0.05) is 12.1 Å². The van der Waals surface area contributed by atoms with Gasteiger partial charge in [-0.25, -0.2) is 0 Å². The van der Waals surface area contributed by atoms with Crippen molar-refractivity contribution >= 4 is 23.0 Å². The van der Waals surface area contributed by atoms with Gasteiger partial charge in [0.05, 0.1) is 30.2 Å². The van der Waals surface area contributed by atoms with E-state index in [-0.39, 0.29) is 5.69 Å². The molecule has 2 N–H and O–H groups in total. The quantitative estimate of drug-likeness (QED) is 0.777. The van der Waals surface area contributed by atoms with Crippen LogP contribution in [0.1, 0.15) is 18.1 Å². The summed E-state index contributed by atoms with van der Waals surface area (Å²) >= 11 is 0. The lowest BCUT2D eigenvalue weighted by Gasteiger charge is -2.31. The molecule has 8 heteroatoms. The molecule has 0 saturated carbocycles. The SMILES string of the molecule is Cc1cccc(N[C@H](C)C(=O)Nc2cc(C(F)(F)F)ccc2N2CCOCC2)c1. The Morgan fingerprint density at radius 2 is 1.86 bits per heavy atom. The van der Waals surface area contributed by atoms with Crippen molar-refractivity contribution in [2.45, 2.75) is 26.1 Å². The van der Waals surface area contributed by atoms with Gasteiger partial charge in [-0.3, -0.25) is 4.79 Å². The van der Waals surface area contributed by atoms with Crippen molar-refractivity contribution in [2.24, 2.45) is 0 Å². The van der Waals surface area contributed by atoms with Gasteiger partial charge in [0, 0.05) is 18.8 Å². The zero-order valence-corrected chi connectivity index (χ0v) is 16.3. The van der Waals surface area contributed by atoms with Gasteiger partial charge >= 0.3 is 6.18 Å². The number of nitrogens with one attached hydrogen (secondary N) is 2. The van der Waals surface area contributed by atoms with Crippen LogP contribution in [-0.4, -0.2) is 38.3 Å². The van der Waals surface area contributed by atoms with Gasteiger partial charge in [0.15, 0.2) is 0 Å². The molecule has 0 aliphatic carbocycles. The van der Waals surface area contributed by atoms with Crippen LogP contribution in [0.25, 0.3) is 0 Å². The summed E-state index contributed by atoms with van der Waals surface area (Å²) in [6, 6.07) is 10.3. The first-order valence-corrected chi connectivity index (χ1v) is 9.42. The maximum absolute atomic E-state index is 13.2. The molecule has 3 rings (SSSR count). The molecular formula is C21H24F3N3O2. The number of nitrogens with zero attached hydrogens (tertiary/aromatic N) is 1. The third kappa shape index (κ3) is 5.41. The first-order chi connectivity index (χ1) is 13.7. The molecule has 1 atom stereocenters. The Bertz CT molecular complexity index is 864. The third-order valence-electron chi connectivity index (χ3n) is 4.73. The van der Waals surface area contributed by atoms with Crippen molar-refractivity contribution < 1.29 is 22.7 Å². The number of hydrogen-bond donors (Lipinski definition) is 2. The highest BCUT2D eigenvalue weighted by Gasteiger charge is 2.32. The summed E-state index contributed by atoms with van der Waals surface area (Å²) in [4.78, 5) is 14.6. The zero-order chi connectivity index (χ0) is 21.0. The lowest BCUT2D eigenvalue weighted by molar-refractivity contribution is -0.137. The minimum absolute atomic E-state index is 0.143. The van der Waals surface area contributed by atoms with E-state index in [2.05, 4.69) is 10.6 Å². The van der Waals surface area contributed by atoms with Crippen molar-refractivity contribution in [2.75, 3.05) is 41.8 Å². The van der Waals surface area contributed by atoms with Crippen LogP contribution < -0.4 is 15.5 Å². The second-order valence-electron chi connectivity index (χ2n) is 7.05. The largest absolute Gasteiger partial charge is 0.416 e. The number of halogens is 3. The van der Waals surface area contributed by atoms with Crippen LogP contribution in [0.4, 0.5) is 30.2 Å². The number of hydrogen-bond acceptors (Lipinski definition) is 4. The summed E-state index contributed by atoms with van der Waals surface area (Å²) in [6.45, 7) is 5.67. The summed E-state index contributed by atoms with van der Waals surface area (Å²) in [5.74, 6) is -0.416. The highest BCUT2D eigenvalue weighted by atomic mass is 19.4. The molecule has 0 aromatic heterocycles. The molecule has 2 aromatic rings. The summed E-state index contributed by atoms with van der Waals surface area (Å²) in [6.07, 6.45) is -4.49. The van der Waals surface area contributed by atoms with Crippen molar-refractivity contribution in [1.82, 2.24) is 0 Å². The smallest absolute Gasteiger partial charge is 0.378 e. The first-order valence-electron chi connectivity index (χ1n) is 9.42. The number of morpholine rings is 1. The van der Waals surface area contributed by atoms with E-state index in [1.54, 1.807) is 6.92 Å². The van der Waals surface area contributed by atoms with E-state index in [9.17, 15) is 18.0 Å². The van der Waals surface area contributed by atoms with E-state index in [4.69, 9.17) is 4.74 Å². The molecule has 1 fully saturated rings. The highest BCUT2D eigenvalue weighted by molar-refractivity contribution is 5.99. The number of aryl methyl sites for hydroxylation is 1. The molecule has 29 heavy (non-hydrogen) atoms. The fourth-order valence-electron chi connectivity index (χ4n) is 3.18.